The lowest BCUT2D eigenvalue weighted by Gasteiger charge is -2.18. The topological polar surface area (TPSA) is 66.1 Å². The zero-order chi connectivity index (χ0) is 21.6. The molecular formula is C23H29N3O3S. The Morgan fingerprint density at radius 1 is 1.40 bits per heavy atom. The maximum absolute atomic E-state index is 13.2. The normalized spacial score (nSPS) is 17.3. The van der Waals surface area contributed by atoms with Gasteiger partial charge >= 0.3 is 0 Å². The Kier molecular flexibility index (Phi) is 5.68. The molecule has 3 heterocycles. The van der Waals surface area contributed by atoms with Gasteiger partial charge in [0, 0.05) is 28.9 Å². The predicted octanol–water partition coefficient (Wildman–Crippen LogP) is 4.09. The predicted molar refractivity (Wildman–Crippen MR) is 120 cm³/mol. The molecule has 0 spiro atoms. The SMILES string of the molecule is COCC(C)n1c(C)cc(C(=O)Cn2cnc3sc4c(c3c2=O)CCC(C)C4)c1C. The number of Topliss-reactive ketones (excluding diaryl/α,β-unsaturated/α-hetero) is 1. The first-order chi connectivity index (χ1) is 14.3. The van der Waals surface area contributed by atoms with Gasteiger partial charge < -0.3 is 9.30 Å². The van der Waals surface area contributed by atoms with E-state index < -0.39 is 0 Å². The Labute approximate surface area is 180 Å². The lowest BCUT2D eigenvalue weighted by Crippen LogP contribution is -2.25. The zero-order valence-electron chi connectivity index (χ0n) is 18.3. The molecule has 0 fully saturated rings. The molecule has 1 aliphatic carbocycles. The van der Waals surface area contributed by atoms with Gasteiger partial charge in [-0.3, -0.25) is 14.2 Å². The van der Waals surface area contributed by atoms with Gasteiger partial charge in [-0.05, 0) is 57.6 Å². The molecule has 0 amide bonds. The largest absolute Gasteiger partial charge is 0.383 e. The first kappa shape index (κ1) is 21.0. The fourth-order valence-electron chi connectivity index (χ4n) is 4.77. The minimum absolute atomic E-state index is 0.00570. The van der Waals surface area contributed by atoms with Gasteiger partial charge in [-0.1, -0.05) is 6.92 Å². The van der Waals surface area contributed by atoms with Crippen LogP contribution in [0.5, 0.6) is 0 Å². The molecule has 7 heteroatoms. The Morgan fingerprint density at radius 2 is 2.17 bits per heavy atom. The fraction of sp³-hybridized carbons (Fsp3) is 0.522. The monoisotopic (exact) mass is 427 g/mol. The van der Waals surface area contributed by atoms with Crippen LogP contribution in [0.2, 0.25) is 0 Å². The van der Waals surface area contributed by atoms with Crippen molar-refractivity contribution in [1.29, 1.82) is 0 Å². The minimum Gasteiger partial charge on any atom is -0.383 e. The molecule has 160 valence electrons. The average Bonchev–Trinajstić information content (AvgIpc) is 3.20. The second-order valence-corrected chi connectivity index (χ2v) is 9.68. The van der Waals surface area contributed by atoms with Crippen LogP contribution >= 0.6 is 11.3 Å². The van der Waals surface area contributed by atoms with Crippen LogP contribution in [0.25, 0.3) is 10.2 Å². The summed E-state index contributed by atoms with van der Waals surface area (Å²) in [6.07, 6.45) is 4.56. The molecule has 6 nitrogen and oxygen atoms in total. The maximum atomic E-state index is 13.2. The molecule has 2 unspecified atom stereocenters. The van der Waals surface area contributed by atoms with Crippen molar-refractivity contribution in [2.75, 3.05) is 13.7 Å². The summed E-state index contributed by atoms with van der Waals surface area (Å²) in [7, 11) is 1.68. The van der Waals surface area contributed by atoms with E-state index in [1.165, 1.54) is 15.8 Å². The number of carbonyl (C=O) groups excluding carboxylic acids is 1. The van der Waals surface area contributed by atoms with Crippen molar-refractivity contribution in [1.82, 2.24) is 14.1 Å². The van der Waals surface area contributed by atoms with Gasteiger partial charge in [-0.25, -0.2) is 4.98 Å². The Hall–Kier alpha value is -2.25. The van der Waals surface area contributed by atoms with Crippen LogP contribution in [0.4, 0.5) is 0 Å². The minimum atomic E-state index is -0.0954. The van der Waals surface area contributed by atoms with Gasteiger partial charge in [0.05, 0.1) is 30.9 Å². The molecule has 0 saturated heterocycles. The standard InChI is InChI=1S/C23H29N3O3S/c1-13-6-7-17-20(8-13)30-22-21(17)23(28)25(12-24-22)10-19(27)18-9-14(2)26(16(18)4)15(3)11-29-5/h9,12-13,15H,6-8,10-11H2,1-5H3. The third kappa shape index (κ3) is 3.54. The smallest absolute Gasteiger partial charge is 0.262 e. The van der Waals surface area contributed by atoms with Gasteiger partial charge in [-0.2, -0.15) is 0 Å². The molecule has 0 radical (unpaired) electrons. The Bertz CT molecular complexity index is 1170. The number of fused-ring (bicyclic) bond motifs is 3. The van der Waals surface area contributed by atoms with Crippen LogP contribution < -0.4 is 5.56 Å². The van der Waals surface area contributed by atoms with Crippen LogP contribution in [0.1, 0.15) is 58.5 Å². The summed E-state index contributed by atoms with van der Waals surface area (Å²) in [5, 5.41) is 0.719. The highest BCUT2D eigenvalue weighted by Crippen LogP contribution is 2.35. The molecule has 0 aromatic carbocycles. The quantitative estimate of drug-likeness (QED) is 0.556. The van der Waals surface area contributed by atoms with Crippen LogP contribution in [0, 0.1) is 19.8 Å². The molecule has 30 heavy (non-hydrogen) atoms. The number of hydrogen-bond donors (Lipinski definition) is 0. The van der Waals surface area contributed by atoms with Crippen LogP contribution in [0.3, 0.4) is 0 Å². The third-order valence-corrected chi connectivity index (χ3v) is 7.39. The summed E-state index contributed by atoms with van der Waals surface area (Å²) in [4.78, 5) is 32.9. The highest BCUT2D eigenvalue weighted by molar-refractivity contribution is 7.18. The molecule has 3 aromatic heterocycles. The number of ketones is 1. The molecule has 3 aromatic rings. The van der Waals surface area contributed by atoms with E-state index in [0.29, 0.717) is 18.1 Å². The van der Waals surface area contributed by atoms with Crippen LogP contribution in [0.15, 0.2) is 17.2 Å². The van der Waals surface area contributed by atoms with Gasteiger partial charge in [0.1, 0.15) is 4.83 Å². The van der Waals surface area contributed by atoms with E-state index in [2.05, 4.69) is 23.4 Å². The fourth-order valence-corrected chi connectivity index (χ4v) is 6.11. The highest BCUT2D eigenvalue weighted by atomic mass is 32.1. The summed E-state index contributed by atoms with van der Waals surface area (Å²) in [5.74, 6) is 0.574. The summed E-state index contributed by atoms with van der Waals surface area (Å²) in [5.41, 5.74) is 3.64. The molecule has 0 aliphatic heterocycles. The first-order valence-corrected chi connectivity index (χ1v) is 11.3. The van der Waals surface area contributed by atoms with E-state index in [-0.39, 0.29) is 23.9 Å². The highest BCUT2D eigenvalue weighted by Gasteiger charge is 2.24. The van der Waals surface area contributed by atoms with Crippen molar-refractivity contribution < 1.29 is 9.53 Å². The van der Waals surface area contributed by atoms with Crippen molar-refractivity contribution in [2.24, 2.45) is 5.92 Å². The second-order valence-electron chi connectivity index (χ2n) is 8.59. The Morgan fingerprint density at radius 3 is 2.90 bits per heavy atom. The number of aromatic nitrogens is 3. The van der Waals surface area contributed by atoms with Crippen LogP contribution in [-0.4, -0.2) is 33.6 Å². The second kappa shape index (κ2) is 8.12. The molecule has 4 rings (SSSR count). The van der Waals surface area contributed by atoms with E-state index in [4.69, 9.17) is 4.74 Å². The van der Waals surface area contributed by atoms with Crippen molar-refractivity contribution in [3.8, 4) is 0 Å². The van der Waals surface area contributed by atoms with E-state index in [9.17, 15) is 9.59 Å². The van der Waals surface area contributed by atoms with E-state index in [1.807, 2.05) is 19.9 Å². The number of ether oxygens (including phenoxy) is 1. The van der Waals surface area contributed by atoms with Gasteiger partial charge in [0.15, 0.2) is 5.78 Å². The number of rotatable bonds is 6. The summed E-state index contributed by atoms with van der Waals surface area (Å²) >= 11 is 1.63. The van der Waals surface area contributed by atoms with Crippen molar-refractivity contribution >= 4 is 27.3 Å². The molecular weight excluding hydrogens is 398 g/mol. The number of methoxy groups -OCH3 is 1. The van der Waals surface area contributed by atoms with Crippen molar-refractivity contribution in [3.63, 3.8) is 0 Å². The molecule has 1 aliphatic rings. The molecule has 0 bridgehead atoms. The lowest BCUT2D eigenvalue weighted by atomic mass is 9.89. The maximum Gasteiger partial charge on any atom is 0.262 e. The summed E-state index contributed by atoms with van der Waals surface area (Å²) in [6, 6.07) is 2.05. The number of carbonyl (C=O) groups is 1. The summed E-state index contributed by atoms with van der Waals surface area (Å²) < 4.78 is 8.87. The van der Waals surface area contributed by atoms with Crippen LogP contribution in [-0.2, 0) is 24.1 Å². The summed E-state index contributed by atoms with van der Waals surface area (Å²) in [6.45, 7) is 8.85. The first-order valence-electron chi connectivity index (χ1n) is 10.5. The van der Waals surface area contributed by atoms with Crippen molar-refractivity contribution in [3.05, 3.63) is 50.1 Å². The number of nitrogens with zero attached hydrogens (tertiary/aromatic N) is 3. The molecule has 2 atom stereocenters. The van der Waals surface area contributed by atoms with Gasteiger partial charge in [0.2, 0.25) is 0 Å². The van der Waals surface area contributed by atoms with Crippen molar-refractivity contribution in [2.45, 2.75) is 59.5 Å². The van der Waals surface area contributed by atoms with Gasteiger partial charge in [-0.15, -0.1) is 11.3 Å². The van der Waals surface area contributed by atoms with Gasteiger partial charge in [0.25, 0.3) is 5.56 Å². The number of thiophene rings is 1. The Balaban J connectivity index is 1.67. The lowest BCUT2D eigenvalue weighted by molar-refractivity contribution is 0.0969. The number of aryl methyl sites for hydroxylation is 2. The zero-order valence-corrected chi connectivity index (χ0v) is 19.1. The van der Waals surface area contributed by atoms with E-state index in [1.54, 1.807) is 18.4 Å². The molecule has 0 saturated carbocycles. The third-order valence-electron chi connectivity index (χ3n) is 6.23. The average molecular weight is 428 g/mol. The number of hydrogen-bond acceptors (Lipinski definition) is 5. The van der Waals surface area contributed by atoms with E-state index in [0.717, 1.165) is 46.4 Å². The van der Waals surface area contributed by atoms with E-state index >= 15 is 0 Å². The molecule has 0 N–H and O–H groups in total.